The van der Waals surface area contributed by atoms with Gasteiger partial charge < -0.3 is 14.6 Å². The maximum absolute atomic E-state index is 8.84. The summed E-state index contributed by atoms with van der Waals surface area (Å²) in [6.45, 7) is 2.30. The Morgan fingerprint density at radius 2 is 2.29 bits per heavy atom. The van der Waals surface area contributed by atoms with Gasteiger partial charge in [-0.1, -0.05) is 5.16 Å². The van der Waals surface area contributed by atoms with Crippen molar-refractivity contribution in [3.8, 4) is 17.5 Å². The number of hydrogen-bond acceptors (Lipinski definition) is 7. The van der Waals surface area contributed by atoms with E-state index in [0.717, 1.165) is 25.9 Å². The second-order valence-electron chi connectivity index (χ2n) is 4.82. The number of rotatable bonds is 4. The highest BCUT2D eigenvalue weighted by atomic mass is 16.5. The molecular weight excluding hydrogens is 270 g/mol. The van der Waals surface area contributed by atoms with Gasteiger partial charge in [0.25, 0.3) is 5.89 Å². The summed E-state index contributed by atoms with van der Waals surface area (Å²) in [6.07, 6.45) is 3.80. The number of nitrogens with one attached hydrogen (secondary N) is 1. The largest absolute Gasteiger partial charge is 0.370 e. The van der Waals surface area contributed by atoms with Crippen LogP contribution in [0.15, 0.2) is 22.9 Å². The molecule has 1 N–H and O–H groups in total. The van der Waals surface area contributed by atoms with Crippen LogP contribution in [0.1, 0.15) is 24.4 Å². The van der Waals surface area contributed by atoms with Crippen LogP contribution in [-0.4, -0.2) is 34.3 Å². The Kier molecular flexibility index (Phi) is 4.19. The number of ether oxygens (including phenoxy) is 1. The van der Waals surface area contributed by atoms with Crippen LogP contribution in [0.5, 0.6) is 0 Å². The van der Waals surface area contributed by atoms with Crippen LogP contribution in [0.3, 0.4) is 0 Å². The molecule has 0 radical (unpaired) electrons. The molecule has 0 unspecified atom stereocenters. The van der Waals surface area contributed by atoms with Gasteiger partial charge in [0.1, 0.15) is 18.4 Å². The lowest BCUT2D eigenvalue weighted by Gasteiger charge is -2.22. The molecule has 0 aliphatic carbocycles. The monoisotopic (exact) mass is 285 g/mol. The molecule has 0 bridgehead atoms. The van der Waals surface area contributed by atoms with Crippen molar-refractivity contribution in [3.05, 3.63) is 29.8 Å². The van der Waals surface area contributed by atoms with E-state index in [2.05, 4.69) is 20.4 Å². The molecule has 0 saturated carbocycles. The van der Waals surface area contributed by atoms with Crippen molar-refractivity contribution in [1.82, 2.24) is 20.4 Å². The van der Waals surface area contributed by atoms with E-state index in [4.69, 9.17) is 14.5 Å². The second kappa shape index (κ2) is 6.43. The Balaban J connectivity index is 1.64. The van der Waals surface area contributed by atoms with Crippen LogP contribution in [0.25, 0.3) is 11.5 Å². The number of pyridine rings is 1. The molecule has 3 rings (SSSR count). The fourth-order valence-electron chi connectivity index (χ4n) is 2.21. The molecule has 2 aromatic rings. The van der Waals surface area contributed by atoms with Crippen molar-refractivity contribution in [2.45, 2.75) is 25.6 Å². The van der Waals surface area contributed by atoms with E-state index < -0.39 is 0 Å². The molecule has 0 aromatic carbocycles. The van der Waals surface area contributed by atoms with Crippen molar-refractivity contribution in [2.24, 2.45) is 0 Å². The van der Waals surface area contributed by atoms with Crippen molar-refractivity contribution < 1.29 is 9.26 Å². The summed E-state index contributed by atoms with van der Waals surface area (Å²) in [5.74, 6) is 0.886. The van der Waals surface area contributed by atoms with E-state index in [1.807, 2.05) is 6.07 Å². The van der Waals surface area contributed by atoms with Gasteiger partial charge in [0.2, 0.25) is 0 Å². The van der Waals surface area contributed by atoms with E-state index >= 15 is 0 Å². The highest BCUT2D eigenvalue weighted by Crippen LogP contribution is 2.18. The van der Waals surface area contributed by atoms with E-state index in [9.17, 15) is 0 Å². The minimum Gasteiger partial charge on any atom is -0.370 e. The highest BCUT2D eigenvalue weighted by Gasteiger charge is 2.15. The predicted molar refractivity (Wildman–Crippen MR) is 72.9 cm³/mol. The summed E-state index contributed by atoms with van der Waals surface area (Å²) in [5.41, 5.74) is 1.00. The molecule has 7 heteroatoms. The first-order valence-corrected chi connectivity index (χ1v) is 6.86. The van der Waals surface area contributed by atoms with Crippen molar-refractivity contribution in [2.75, 3.05) is 13.1 Å². The average molecular weight is 285 g/mol. The van der Waals surface area contributed by atoms with Crippen molar-refractivity contribution in [1.29, 1.82) is 5.26 Å². The molecule has 2 aromatic heterocycles. The zero-order chi connectivity index (χ0) is 14.5. The van der Waals surface area contributed by atoms with Crippen LogP contribution in [0.2, 0.25) is 0 Å². The first kappa shape index (κ1) is 13.7. The number of aromatic nitrogens is 3. The summed E-state index contributed by atoms with van der Waals surface area (Å²) in [4.78, 5) is 8.19. The standard InChI is InChI=1S/C14H15N5O2/c15-8-11-7-10(1-6-17-11)14-18-13(19-21-14)9-20-12-2-4-16-5-3-12/h1,6-7,12,16H,2-5,9H2. The lowest BCUT2D eigenvalue weighted by Crippen LogP contribution is -2.32. The average Bonchev–Trinajstić information content (AvgIpc) is 3.03. The lowest BCUT2D eigenvalue weighted by molar-refractivity contribution is 0.0170. The fourth-order valence-corrected chi connectivity index (χ4v) is 2.21. The van der Waals surface area contributed by atoms with Crippen LogP contribution < -0.4 is 5.32 Å². The minimum atomic E-state index is 0.249. The van der Waals surface area contributed by atoms with Gasteiger partial charge >= 0.3 is 0 Å². The molecular formula is C14H15N5O2. The van der Waals surface area contributed by atoms with Gasteiger partial charge in [-0.05, 0) is 38.1 Å². The summed E-state index contributed by atoms with van der Waals surface area (Å²) in [6, 6.07) is 5.32. The number of hydrogen-bond donors (Lipinski definition) is 1. The normalized spacial score (nSPS) is 15.8. The molecule has 3 heterocycles. The topological polar surface area (TPSA) is 96.9 Å². The Labute approximate surface area is 121 Å². The third kappa shape index (κ3) is 3.42. The molecule has 0 atom stereocenters. The second-order valence-corrected chi connectivity index (χ2v) is 4.82. The van der Waals surface area contributed by atoms with Gasteiger partial charge in [-0.15, -0.1) is 0 Å². The zero-order valence-electron chi connectivity index (χ0n) is 11.5. The van der Waals surface area contributed by atoms with Crippen molar-refractivity contribution >= 4 is 0 Å². The Bertz CT molecular complexity index is 643. The summed E-state index contributed by atoms with van der Waals surface area (Å²) < 4.78 is 11.0. The van der Waals surface area contributed by atoms with Crippen molar-refractivity contribution in [3.63, 3.8) is 0 Å². The number of nitrogens with zero attached hydrogens (tertiary/aromatic N) is 4. The van der Waals surface area contributed by atoms with Gasteiger partial charge in [0, 0.05) is 11.8 Å². The highest BCUT2D eigenvalue weighted by molar-refractivity contribution is 5.53. The molecule has 1 saturated heterocycles. The first-order valence-electron chi connectivity index (χ1n) is 6.86. The molecule has 1 aliphatic rings. The Hall–Kier alpha value is -2.30. The molecule has 1 fully saturated rings. The summed E-state index contributed by atoms with van der Waals surface area (Å²) in [7, 11) is 0. The molecule has 0 spiro atoms. The van der Waals surface area contributed by atoms with Crippen LogP contribution in [-0.2, 0) is 11.3 Å². The maximum atomic E-state index is 8.84. The minimum absolute atomic E-state index is 0.249. The van der Waals surface area contributed by atoms with Gasteiger partial charge in [0.15, 0.2) is 5.82 Å². The summed E-state index contributed by atoms with van der Waals surface area (Å²) in [5, 5.41) is 16.0. The predicted octanol–water partition coefficient (Wildman–Crippen LogP) is 1.27. The smallest absolute Gasteiger partial charge is 0.258 e. The zero-order valence-corrected chi connectivity index (χ0v) is 11.5. The van der Waals surface area contributed by atoms with Gasteiger partial charge in [-0.25, -0.2) is 4.98 Å². The number of nitriles is 1. The van der Waals surface area contributed by atoms with Crippen LogP contribution in [0.4, 0.5) is 0 Å². The van der Waals surface area contributed by atoms with E-state index in [-0.39, 0.29) is 6.10 Å². The third-order valence-electron chi connectivity index (χ3n) is 3.32. The summed E-state index contributed by atoms with van der Waals surface area (Å²) >= 11 is 0. The maximum Gasteiger partial charge on any atom is 0.258 e. The van der Waals surface area contributed by atoms with Gasteiger partial charge in [-0.3, -0.25) is 0 Å². The Morgan fingerprint density at radius 3 is 3.10 bits per heavy atom. The van der Waals surface area contributed by atoms with E-state index in [0.29, 0.717) is 29.6 Å². The quantitative estimate of drug-likeness (QED) is 0.903. The number of piperidine rings is 1. The Morgan fingerprint density at radius 1 is 1.43 bits per heavy atom. The molecule has 1 aliphatic heterocycles. The van der Waals surface area contributed by atoms with E-state index in [1.54, 1.807) is 18.3 Å². The van der Waals surface area contributed by atoms with Crippen LogP contribution >= 0.6 is 0 Å². The van der Waals surface area contributed by atoms with E-state index in [1.165, 1.54) is 0 Å². The molecule has 0 amide bonds. The lowest BCUT2D eigenvalue weighted by atomic mass is 10.1. The van der Waals surface area contributed by atoms with Crippen LogP contribution in [0, 0.1) is 11.3 Å². The SMILES string of the molecule is N#Cc1cc(-c2nc(COC3CCNCC3)no2)ccn1. The van der Waals surface area contributed by atoms with Gasteiger partial charge in [0.05, 0.1) is 6.10 Å². The molecule has 7 nitrogen and oxygen atoms in total. The molecule has 108 valence electrons. The first-order chi connectivity index (χ1) is 10.3. The molecule has 21 heavy (non-hydrogen) atoms. The van der Waals surface area contributed by atoms with Gasteiger partial charge in [-0.2, -0.15) is 10.2 Å². The third-order valence-corrected chi connectivity index (χ3v) is 3.32. The fraction of sp³-hybridized carbons (Fsp3) is 0.429.